The van der Waals surface area contributed by atoms with Crippen LogP contribution in [0.5, 0.6) is 5.88 Å². The molecule has 2 heterocycles. The molecule has 2 aromatic carbocycles. The maximum Gasteiger partial charge on any atom is 0.199 e. The van der Waals surface area contributed by atoms with E-state index in [4.69, 9.17) is 5.73 Å². The van der Waals surface area contributed by atoms with Crippen molar-refractivity contribution in [2.24, 2.45) is 0 Å². The highest BCUT2D eigenvalue weighted by Gasteiger charge is 2.16. The van der Waals surface area contributed by atoms with Gasteiger partial charge in [0.2, 0.25) is 0 Å². The van der Waals surface area contributed by atoms with E-state index in [1.165, 1.54) is 0 Å². The molecule has 0 amide bonds. The molecule has 0 unspecified atom stereocenters. The van der Waals surface area contributed by atoms with Gasteiger partial charge in [0.25, 0.3) is 0 Å². The summed E-state index contributed by atoms with van der Waals surface area (Å²) in [6, 6.07) is 17.5. The quantitative estimate of drug-likeness (QED) is 0.496. The van der Waals surface area contributed by atoms with Gasteiger partial charge in [0.15, 0.2) is 5.88 Å². The van der Waals surface area contributed by atoms with Gasteiger partial charge >= 0.3 is 0 Å². The van der Waals surface area contributed by atoms with Crippen LogP contribution in [0.1, 0.15) is 0 Å². The van der Waals surface area contributed by atoms with Crippen LogP contribution in [0, 0.1) is 0 Å². The van der Waals surface area contributed by atoms with E-state index in [1.807, 2.05) is 54.6 Å². The molecule has 0 spiro atoms. The summed E-state index contributed by atoms with van der Waals surface area (Å²) >= 11 is 0. The van der Waals surface area contributed by atoms with Crippen LogP contribution < -0.4 is 5.73 Å². The second-order valence-electron chi connectivity index (χ2n) is 5.01. The molecule has 0 saturated carbocycles. The van der Waals surface area contributed by atoms with Crippen molar-refractivity contribution in [2.75, 3.05) is 5.73 Å². The van der Waals surface area contributed by atoms with Gasteiger partial charge in [-0.05, 0) is 17.5 Å². The molecule has 0 bridgehead atoms. The molecule has 102 valence electrons. The highest BCUT2D eigenvalue weighted by molar-refractivity contribution is 6.06. The second-order valence-corrected chi connectivity index (χ2v) is 5.01. The van der Waals surface area contributed by atoms with Crippen molar-refractivity contribution < 1.29 is 5.11 Å². The van der Waals surface area contributed by atoms with Crippen molar-refractivity contribution in [3.8, 4) is 17.1 Å². The third-order valence-electron chi connectivity index (χ3n) is 3.68. The molecule has 0 fully saturated rings. The molecular formula is C17H13N3O. The smallest absolute Gasteiger partial charge is 0.199 e. The fourth-order valence-corrected chi connectivity index (χ4v) is 2.78. The molecule has 4 heteroatoms. The number of rotatable bonds is 1. The molecule has 4 aromatic rings. The number of nitrogens with zero attached hydrogens (tertiary/aromatic N) is 1. The molecule has 4 N–H and O–H groups in total. The Balaban J connectivity index is 2.16. The van der Waals surface area contributed by atoms with E-state index in [0.29, 0.717) is 17.1 Å². The van der Waals surface area contributed by atoms with Gasteiger partial charge in [-0.3, -0.25) is 0 Å². The molecule has 0 aliphatic rings. The summed E-state index contributed by atoms with van der Waals surface area (Å²) < 4.78 is 0. The number of anilines is 1. The van der Waals surface area contributed by atoms with E-state index in [9.17, 15) is 5.11 Å². The minimum atomic E-state index is 0.111. The van der Waals surface area contributed by atoms with Crippen LogP contribution in [0.15, 0.2) is 54.6 Å². The zero-order valence-electron chi connectivity index (χ0n) is 11.2. The zero-order valence-corrected chi connectivity index (χ0v) is 11.2. The third-order valence-corrected chi connectivity index (χ3v) is 3.68. The number of benzene rings is 2. The number of aromatic nitrogens is 2. The number of nitrogens with two attached hydrogens (primary N) is 1. The van der Waals surface area contributed by atoms with Gasteiger partial charge < -0.3 is 15.8 Å². The van der Waals surface area contributed by atoms with Gasteiger partial charge in [0.05, 0.1) is 11.3 Å². The van der Waals surface area contributed by atoms with Crippen molar-refractivity contribution in [3.63, 3.8) is 0 Å². The average Bonchev–Trinajstić information content (AvgIpc) is 2.82. The first-order chi connectivity index (χ1) is 10.2. The number of nitrogen functional groups attached to an aromatic ring is 1. The van der Waals surface area contributed by atoms with E-state index in [1.54, 1.807) is 0 Å². The van der Waals surface area contributed by atoms with Crippen LogP contribution in [0.2, 0.25) is 0 Å². The van der Waals surface area contributed by atoms with E-state index in [0.717, 1.165) is 21.7 Å². The average molecular weight is 275 g/mol. The minimum absolute atomic E-state index is 0.111. The fraction of sp³-hybridized carbons (Fsp3) is 0. The molecule has 0 saturated heterocycles. The number of nitrogens with one attached hydrogen (secondary N) is 1. The zero-order chi connectivity index (χ0) is 14.4. The van der Waals surface area contributed by atoms with Crippen molar-refractivity contribution in [3.05, 3.63) is 54.6 Å². The number of aromatic hydroxyl groups is 1. The molecule has 0 aliphatic heterocycles. The normalized spacial score (nSPS) is 11.2. The number of aromatic amines is 1. The van der Waals surface area contributed by atoms with Crippen LogP contribution in [0.25, 0.3) is 32.9 Å². The van der Waals surface area contributed by atoms with E-state index in [-0.39, 0.29) is 5.88 Å². The van der Waals surface area contributed by atoms with E-state index < -0.39 is 0 Å². The van der Waals surface area contributed by atoms with Crippen LogP contribution >= 0.6 is 0 Å². The van der Waals surface area contributed by atoms with Crippen LogP contribution in [0.3, 0.4) is 0 Å². The first kappa shape index (κ1) is 11.8. The van der Waals surface area contributed by atoms with Gasteiger partial charge in [0.1, 0.15) is 5.82 Å². The Bertz CT molecular complexity index is 972. The summed E-state index contributed by atoms with van der Waals surface area (Å²) in [5.41, 5.74) is 8.18. The molecular weight excluding hydrogens is 262 g/mol. The molecule has 0 aliphatic carbocycles. The summed E-state index contributed by atoms with van der Waals surface area (Å²) in [5, 5.41) is 13.2. The molecule has 0 atom stereocenters. The highest BCUT2D eigenvalue weighted by Crippen LogP contribution is 2.39. The Morgan fingerprint density at radius 2 is 1.67 bits per heavy atom. The number of fused-ring (bicyclic) bond motifs is 2. The Labute approximate surface area is 120 Å². The monoisotopic (exact) mass is 275 g/mol. The lowest BCUT2D eigenvalue weighted by Gasteiger charge is -2.07. The van der Waals surface area contributed by atoms with Crippen LogP contribution in [0.4, 0.5) is 5.82 Å². The van der Waals surface area contributed by atoms with Gasteiger partial charge in [-0.1, -0.05) is 42.5 Å². The van der Waals surface area contributed by atoms with Crippen LogP contribution in [-0.2, 0) is 0 Å². The minimum Gasteiger partial charge on any atom is -0.494 e. The Morgan fingerprint density at radius 1 is 0.952 bits per heavy atom. The maximum atomic E-state index is 10.3. The number of H-pyrrole nitrogens is 1. The summed E-state index contributed by atoms with van der Waals surface area (Å²) in [7, 11) is 0. The van der Waals surface area contributed by atoms with E-state index >= 15 is 0 Å². The Morgan fingerprint density at radius 3 is 2.52 bits per heavy atom. The lowest BCUT2D eigenvalue weighted by molar-refractivity contribution is 0.460. The SMILES string of the molecule is Nc1cc2ccccc2c(-c2c(O)[nH]c3ccccc23)n1. The second kappa shape index (κ2) is 4.24. The molecule has 21 heavy (non-hydrogen) atoms. The fourth-order valence-electron chi connectivity index (χ4n) is 2.78. The lowest BCUT2D eigenvalue weighted by Crippen LogP contribution is -1.93. The first-order valence-corrected chi connectivity index (χ1v) is 6.69. The van der Waals surface area contributed by atoms with Crippen molar-refractivity contribution in [2.45, 2.75) is 0 Å². The van der Waals surface area contributed by atoms with E-state index in [2.05, 4.69) is 9.97 Å². The van der Waals surface area contributed by atoms with Crippen LogP contribution in [-0.4, -0.2) is 15.1 Å². The summed E-state index contributed by atoms with van der Waals surface area (Å²) in [6.45, 7) is 0. The summed E-state index contributed by atoms with van der Waals surface area (Å²) in [6.07, 6.45) is 0. The first-order valence-electron chi connectivity index (χ1n) is 6.69. The van der Waals surface area contributed by atoms with Crippen molar-refractivity contribution in [1.82, 2.24) is 9.97 Å². The summed E-state index contributed by atoms with van der Waals surface area (Å²) in [4.78, 5) is 7.44. The third kappa shape index (κ3) is 1.73. The number of pyridine rings is 1. The number of hydrogen-bond donors (Lipinski definition) is 3. The lowest BCUT2D eigenvalue weighted by atomic mass is 10.0. The largest absolute Gasteiger partial charge is 0.494 e. The van der Waals surface area contributed by atoms with Crippen molar-refractivity contribution in [1.29, 1.82) is 0 Å². The standard InChI is InChI=1S/C17H13N3O/c18-14-9-10-5-1-2-6-11(10)16(20-14)15-12-7-3-4-8-13(12)19-17(15)21/h1-9,19,21H,(H2,18,20). The predicted octanol–water partition coefficient (Wildman–Crippen LogP) is 3.67. The molecule has 4 nitrogen and oxygen atoms in total. The summed E-state index contributed by atoms with van der Waals surface area (Å²) in [5.74, 6) is 0.549. The van der Waals surface area contributed by atoms with Gasteiger partial charge in [-0.2, -0.15) is 0 Å². The van der Waals surface area contributed by atoms with Gasteiger partial charge in [-0.15, -0.1) is 0 Å². The maximum absolute atomic E-state index is 10.3. The highest BCUT2D eigenvalue weighted by atomic mass is 16.3. The number of para-hydroxylation sites is 1. The Kier molecular flexibility index (Phi) is 2.38. The Hall–Kier alpha value is -3.01. The van der Waals surface area contributed by atoms with Gasteiger partial charge in [0, 0.05) is 16.3 Å². The number of hydrogen-bond acceptors (Lipinski definition) is 3. The molecule has 4 rings (SSSR count). The predicted molar refractivity (Wildman–Crippen MR) is 85.1 cm³/mol. The molecule has 2 aromatic heterocycles. The van der Waals surface area contributed by atoms with Gasteiger partial charge in [-0.25, -0.2) is 4.98 Å². The van der Waals surface area contributed by atoms with Crippen molar-refractivity contribution >= 4 is 27.5 Å². The molecule has 0 radical (unpaired) electrons. The topological polar surface area (TPSA) is 74.9 Å².